The lowest BCUT2D eigenvalue weighted by atomic mass is 9.77. The zero-order valence-corrected chi connectivity index (χ0v) is 14.4. The number of amidine groups is 1. The van der Waals surface area contributed by atoms with Gasteiger partial charge in [-0.05, 0) is 23.6 Å². The van der Waals surface area contributed by atoms with E-state index < -0.39 is 5.54 Å². The second-order valence-corrected chi connectivity index (χ2v) is 5.56. The van der Waals surface area contributed by atoms with Crippen LogP contribution < -0.4 is 5.73 Å². The number of rotatable bonds is 4. The molecule has 3 heteroatoms. The number of nitrogens with zero attached hydrogens (tertiary/aromatic N) is 1. The van der Waals surface area contributed by atoms with Gasteiger partial charge in [-0.15, -0.1) is 12.4 Å². The molecular weight excluding hydrogens is 316 g/mol. The van der Waals surface area contributed by atoms with Crippen LogP contribution in [0.15, 0.2) is 96.0 Å². The molecule has 0 aliphatic heterocycles. The van der Waals surface area contributed by atoms with Crippen LogP contribution in [0.25, 0.3) is 0 Å². The average Bonchev–Trinajstić information content (AvgIpc) is 2.62. The maximum atomic E-state index is 6.04. The van der Waals surface area contributed by atoms with Crippen LogP contribution in [-0.2, 0) is 5.54 Å². The van der Waals surface area contributed by atoms with Crippen molar-refractivity contribution in [3.8, 4) is 0 Å². The highest BCUT2D eigenvalue weighted by Crippen LogP contribution is 2.40. The highest BCUT2D eigenvalue weighted by atomic mass is 35.5. The fourth-order valence-corrected chi connectivity index (χ4v) is 3.00. The fraction of sp³-hybridized carbons (Fsp3) is 0.0952. The Morgan fingerprint density at radius 3 is 1.21 bits per heavy atom. The lowest BCUT2D eigenvalue weighted by Crippen LogP contribution is -2.30. The molecule has 3 aromatic carbocycles. The third-order valence-corrected chi connectivity index (χ3v) is 3.92. The number of nitrogens with two attached hydrogens (primary N) is 1. The molecule has 0 fully saturated rings. The first-order chi connectivity index (χ1) is 11.2. The van der Waals surface area contributed by atoms with Crippen LogP contribution in [0.2, 0.25) is 0 Å². The predicted molar refractivity (Wildman–Crippen MR) is 104 cm³/mol. The molecule has 0 saturated carbocycles. The van der Waals surface area contributed by atoms with E-state index >= 15 is 0 Å². The summed E-state index contributed by atoms with van der Waals surface area (Å²) < 4.78 is 0. The predicted octanol–water partition coefficient (Wildman–Crippen LogP) is 4.78. The molecule has 0 unspecified atom stereocenters. The van der Waals surface area contributed by atoms with Gasteiger partial charge in [-0.1, -0.05) is 91.0 Å². The van der Waals surface area contributed by atoms with Crippen LogP contribution in [0.4, 0.5) is 0 Å². The summed E-state index contributed by atoms with van der Waals surface area (Å²) in [6, 6.07) is 30.9. The van der Waals surface area contributed by atoms with E-state index in [1.54, 1.807) is 0 Å². The van der Waals surface area contributed by atoms with Gasteiger partial charge in [0.2, 0.25) is 0 Å². The van der Waals surface area contributed by atoms with Crippen molar-refractivity contribution in [2.45, 2.75) is 12.5 Å². The van der Waals surface area contributed by atoms with Gasteiger partial charge in [0.05, 0.1) is 5.84 Å². The van der Waals surface area contributed by atoms with Gasteiger partial charge in [-0.25, -0.2) is 0 Å². The topological polar surface area (TPSA) is 38.4 Å². The lowest BCUT2D eigenvalue weighted by molar-refractivity contribution is 0.654. The van der Waals surface area contributed by atoms with Crippen molar-refractivity contribution in [2.75, 3.05) is 0 Å². The molecular formula is C21H21ClN2. The molecule has 122 valence electrons. The Balaban J connectivity index is 0.00000208. The Bertz CT molecular complexity index is 683. The standard InChI is InChI=1S/C21H20N2.ClH/c1-17(22)23-21(18-11-5-2-6-12-18,19-13-7-3-8-14-19)20-15-9-4-10-16-20;/h2-16H,1H3,(H2,22,23);1H. The first-order valence-electron chi connectivity index (χ1n) is 7.72. The Hall–Kier alpha value is -2.58. The molecule has 0 amide bonds. The monoisotopic (exact) mass is 336 g/mol. The normalized spacial score (nSPS) is 11.6. The zero-order valence-electron chi connectivity index (χ0n) is 13.6. The van der Waals surface area contributed by atoms with E-state index in [0.29, 0.717) is 5.84 Å². The third-order valence-electron chi connectivity index (χ3n) is 3.92. The van der Waals surface area contributed by atoms with Crippen molar-refractivity contribution in [3.05, 3.63) is 108 Å². The molecule has 3 rings (SSSR count). The summed E-state index contributed by atoms with van der Waals surface area (Å²) in [5.74, 6) is 0.557. The number of hydrogen-bond donors (Lipinski definition) is 1. The summed E-state index contributed by atoms with van der Waals surface area (Å²) in [6.07, 6.45) is 0. The van der Waals surface area contributed by atoms with E-state index in [0.717, 1.165) is 16.7 Å². The molecule has 0 saturated heterocycles. The number of hydrogen-bond acceptors (Lipinski definition) is 1. The van der Waals surface area contributed by atoms with Crippen molar-refractivity contribution < 1.29 is 0 Å². The van der Waals surface area contributed by atoms with Crippen molar-refractivity contribution >= 4 is 18.2 Å². The molecule has 0 spiro atoms. The quantitative estimate of drug-likeness (QED) is 0.415. The first kappa shape index (κ1) is 17.8. The van der Waals surface area contributed by atoms with Crippen molar-refractivity contribution in [2.24, 2.45) is 10.7 Å². The molecule has 0 aliphatic rings. The Kier molecular flexibility index (Phi) is 5.78. The van der Waals surface area contributed by atoms with E-state index in [1.165, 1.54) is 0 Å². The Morgan fingerprint density at radius 1 is 0.667 bits per heavy atom. The second-order valence-electron chi connectivity index (χ2n) is 5.56. The minimum Gasteiger partial charge on any atom is -0.388 e. The van der Waals surface area contributed by atoms with Gasteiger partial charge >= 0.3 is 0 Å². The Labute approximate surface area is 149 Å². The minimum absolute atomic E-state index is 0. The average molecular weight is 337 g/mol. The summed E-state index contributed by atoms with van der Waals surface area (Å²) >= 11 is 0. The largest absolute Gasteiger partial charge is 0.388 e. The second kappa shape index (κ2) is 7.80. The molecule has 0 bridgehead atoms. The lowest BCUT2D eigenvalue weighted by Gasteiger charge is -2.32. The molecule has 2 N–H and O–H groups in total. The van der Waals surface area contributed by atoms with Gasteiger partial charge in [-0.3, -0.25) is 4.99 Å². The van der Waals surface area contributed by atoms with Crippen LogP contribution in [0, 0.1) is 0 Å². The van der Waals surface area contributed by atoms with E-state index in [9.17, 15) is 0 Å². The van der Waals surface area contributed by atoms with E-state index in [-0.39, 0.29) is 12.4 Å². The zero-order chi connectivity index (χ0) is 16.1. The summed E-state index contributed by atoms with van der Waals surface area (Å²) in [4.78, 5) is 4.91. The minimum atomic E-state index is -0.636. The molecule has 2 nitrogen and oxygen atoms in total. The van der Waals surface area contributed by atoms with Crippen molar-refractivity contribution in [1.29, 1.82) is 0 Å². The van der Waals surface area contributed by atoms with Gasteiger partial charge < -0.3 is 5.73 Å². The van der Waals surface area contributed by atoms with Crippen LogP contribution in [0.3, 0.4) is 0 Å². The molecule has 0 atom stereocenters. The van der Waals surface area contributed by atoms with E-state index in [1.807, 2.05) is 61.5 Å². The van der Waals surface area contributed by atoms with Gasteiger partial charge in [0.25, 0.3) is 0 Å². The molecule has 3 aromatic rings. The van der Waals surface area contributed by atoms with Crippen LogP contribution in [-0.4, -0.2) is 5.84 Å². The maximum absolute atomic E-state index is 6.04. The molecule has 0 heterocycles. The number of aliphatic imine (C=N–C) groups is 1. The summed E-state index contributed by atoms with van der Waals surface area (Å²) in [5.41, 5.74) is 8.70. The highest BCUT2D eigenvalue weighted by Gasteiger charge is 2.35. The molecule has 0 aromatic heterocycles. The maximum Gasteiger partial charge on any atom is 0.138 e. The van der Waals surface area contributed by atoms with Gasteiger partial charge in [-0.2, -0.15) is 0 Å². The third kappa shape index (κ3) is 3.34. The summed E-state index contributed by atoms with van der Waals surface area (Å²) in [7, 11) is 0. The van der Waals surface area contributed by atoms with Crippen LogP contribution in [0.1, 0.15) is 23.6 Å². The van der Waals surface area contributed by atoms with Gasteiger partial charge in [0, 0.05) is 0 Å². The van der Waals surface area contributed by atoms with Gasteiger partial charge in [0.15, 0.2) is 0 Å². The van der Waals surface area contributed by atoms with E-state index in [4.69, 9.17) is 10.7 Å². The van der Waals surface area contributed by atoms with Crippen LogP contribution >= 0.6 is 12.4 Å². The van der Waals surface area contributed by atoms with E-state index in [2.05, 4.69) is 36.4 Å². The van der Waals surface area contributed by atoms with Crippen molar-refractivity contribution in [1.82, 2.24) is 0 Å². The molecule has 0 aliphatic carbocycles. The SMILES string of the molecule is CC(N)=NC(c1ccccc1)(c1ccccc1)c1ccccc1.Cl. The summed E-state index contributed by atoms with van der Waals surface area (Å²) in [6.45, 7) is 1.84. The summed E-state index contributed by atoms with van der Waals surface area (Å²) in [5, 5.41) is 0. The molecule has 24 heavy (non-hydrogen) atoms. The van der Waals surface area contributed by atoms with Gasteiger partial charge in [0.1, 0.15) is 5.54 Å². The van der Waals surface area contributed by atoms with Crippen molar-refractivity contribution in [3.63, 3.8) is 0 Å². The first-order valence-corrected chi connectivity index (χ1v) is 7.72. The highest BCUT2D eigenvalue weighted by molar-refractivity contribution is 5.85. The van der Waals surface area contributed by atoms with Crippen LogP contribution in [0.5, 0.6) is 0 Å². The number of benzene rings is 3. The Morgan fingerprint density at radius 2 is 0.958 bits per heavy atom. The molecule has 0 radical (unpaired) electrons. The fourth-order valence-electron chi connectivity index (χ4n) is 3.00. The smallest absolute Gasteiger partial charge is 0.138 e. The number of halogens is 1.